The highest BCUT2D eigenvalue weighted by Crippen LogP contribution is 2.28. The first-order chi connectivity index (χ1) is 9.68. The van der Waals surface area contributed by atoms with Crippen LogP contribution in [0.3, 0.4) is 0 Å². The number of rotatable bonds is 4. The van der Waals surface area contributed by atoms with Crippen LogP contribution in [0.5, 0.6) is 0 Å². The molecule has 0 atom stereocenters. The lowest BCUT2D eigenvalue weighted by molar-refractivity contribution is 0.271. The lowest BCUT2D eigenvalue weighted by Gasteiger charge is -2.32. The highest BCUT2D eigenvalue weighted by Gasteiger charge is 2.33. The van der Waals surface area contributed by atoms with E-state index in [-0.39, 0.29) is 26.2 Å². The summed E-state index contributed by atoms with van der Waals surface area (Å²) in [5, 5.41) is 0. The molecule has 0 amide bonds. The average molecular weight is 353 g/mol. The van der Waals surface area contributed by atoms with Gasteiger partial charge in [0.2, 0.25) is 10.0 Å². The lowest BCUT2D eigenvalue weighted by Crippen LogP contribution is -2.52. The van der Waals surface area contributed by atoms with E-state index in [0.717, 1.165) is 9.75 Å². The number of aryl methyl sites for hydroxylation is 2. The highest BCUT2D eigenvalue weighted by atomic mass is 32.2. The summed E-state index contributed by atoms with van der Waals surface area (Å²) in [7, 11) is -5.70. The van der Waals surface area contributed by atoms with E-state index in [9.17, 15) is 16.8 Å². The largest absolute Gasteiger partial charge is 0.279 e. The fourth-order valence-electron chi connectivity index (χ4n) is 2.28. The number of nitrogens with one attached hydrogen (secondary N) is 1. The molecule has 1 fully saturated rings. The molecule has 2 rings (SSSR count). The van der Waals surface area contributed by atoms with Crippen LogP contribution in [-0.4, -0.2) is 58.7 Å². The van der Waals surface area contributed by atoms with Gasteiger partial charge in [-0.1, -0.05) is 0 Å². The van der Waals surface area contributed by atoms with E-state index in [2.05, 4.69) is 4.72 Å². The van der Waals surface area contributed by atoms with E-state index < -0.39 is 20.2 Å². The molecule has 7 nitrogen and oxygen atoms in total. The van der Waals surface area contributed by atoms with Gasteiger partial charge in [-0.2, -0.15) is 17.0 Å². The Hall–Kier alpha value is -0.520. The predicted octanol–water partition coefficient (Wildman–Crippen LogP) is 0.135. The van der Waals surface area contributed by atoms with Gasteiger partial charge in [-0.3, -0.25) is 0 Å². The second-order valence-corrected chi connectivity index (χ2v) is 10.0. The Balaban J connectivity index is 2.17. The van der Waals surface area contributed by atoms with Crippen LogP contribution in [0.15, 0.2) is 11.0 Å². The van der Waals surface area contributed by atoms with Crippen molar-refractivity contribution in [1.82, 2.24) is 13.3 Å². The maximum absolute atomic E-state index is 12.6. The van der Waals surface area contributed by atoms with E-state index in [1.165, 1.54) is 27.0 Å². The van der Waals surface area contributed by atoms with Gasteiger partial charge in [0.25, 0.3) is 10.2 Å². The molecular weight excluding hydrogens is 334 g/mol. The van der Waals surface area contributed by atoms with E-state index >= 15 is 0 Å². The normalized spacial score (nSPS) is 19.0. The van der Waals surface area contributed by atoms with Crippen LogP contribution in [0.4, 0.5) is 0 Å². The fraction of sp³-hybridized carbons (Fsp3) is 0.636. The Labute approximate surface area is 129 Å². The number of hydrogen-bond donors (Lipinski definition) is 1. The van der Waals surface area contributed by atoms with Crippen molar-refractivity contribution >= 4 is 31.6 Å². The quantitative estimate of drug-likeness (QED) is 0.834. The number of nitrogens with zero attached hydrogens (tertiary/aromatic N) is 2. The number of piperazine rings is 1. The van der Waals surface area contributed by atoms with Crippen LogP contribution >= 0.6 is 11.3 Å². The molecule has 0 aromatic carbocycles. The van der Waals surface area contributed by atoms with Crippen molar-refractivity contribution in [2.45, 2.75) is 18.7 Å². The summed E-state index contributed by atoms with van der Waals surface area (Å²) in [4.78, 5) is 2.04. The molecule has 120 valence electrons. The van der Waals surface area contributed by atoms with Crippen molar-refractivity contribution in [3.8, 4) is 0 Å². The average Bonchev–Trinajstić information content (AvgIpc) is 2.78. The molecule has 0 bridgehead atoms. The van der Waals surface area contributed by atoms with E-state index in [1.54, 1.807) is 13.0 Å². The zero-order valence-electron chi connectivity index (χ0n) is 12.2. The molecule has 10 heteroatoms. The summed E-state index contributed by atoms with van der Waals surface area (Å²) in [6.45, 7) is 4.30. The Morgan fingerprint density at radius 2 is 1.57 bits per heavy atom. The Morgan fingerprint density at radius 3 is 2.00 bits per heavy atom. The lowest BCUT2D eigenvalue weighted by atomic mass is 10.4. The maximum atomic E-state index is 12.6. The maximum Gasteiger partial charge on any atom is 0.279 e. The van der Waals surface area contributed by atoms with Crippen molar-refractivity contribution in [3.63, 3.8) is 0 Å². The van der Waals surface area contributed by atoms with Crippen molar-refractivity contribution < 1.29 is 16.8 Å². The van der Waals surface area contributed by atoms with Crippen LogP contribution < -0.4 is 4.72 Å². The van der Waals surface area contributed by atoms with E-state index in [0.29, 0.717) is 4.90 Å². The minimum Gasteiger partial charge on any atom is -0.207 e. The molecule has 1 aromatic rings. The van der Waals surface area contributed by atoms with Gasteiger partial charge in [0.15, 0.2) is 0 Å². The van der Waals surface area contributed by atoms with Gasteiger partial charge >= 0.3 is 0 Å². The van der Waals surface area contributed by atoms with E-state index in [1.807, 2.05) is 6.92 Å². The van der Waals surface area contributed by atoms with Gasteiger partial charge in [-0.05, 0) is 19.9 Å². The molecule has 0 spiro atoms. The molecule has 21 heavy (non-hydrogen) atoms. The third kappa shape index (κ3) is 3.30. The van der Waals surface area contributed by atoms with Crippen molar-refractivity contribution in [2.24, 2.45) is 0 Å². The van der Waals surface area contributed by atoms with Gasteiger partial charge in [0, 0.05) is 43.0 Å². The third-order valence-electron chi connectivity index (χ3n) is 3.41. The number of thiophene rings is 1. The zero-order chi connectivity index (χ0) is 15.8. The number of hydrogen-bond acceptors (Lipinski definition) is 5. The van der Waals surface area contributed by atoms with Crippen molar-refractivity contribution in [1.29, 1.82) is 0 Å². The molecule has 1 N–H and O–H groups in total. The van der Waals surface area contributed by atoms with Gasteiger partial charge in [0.1, 0.15) is 0 Å². The van der Waals surface area contributed by atoms with Gasteiger partial charge < -0.3 is 0 Å². The second kappa shape index (κ2) is 5.94. The van der Waals surface area contributed by atoms with Crippen molar-refractivity contribution in [2.75, 3.05) is 33.2 Å². The zero-order valence-corrected chi connectivity index (χ0v) is 14.6. The monoisotopic (exact) mass is 353 g/mol. The van der Waals surface area contributed by atoms with Crippen LogP contribution in [0.1, 0.15) is 9.75 Å². The Bertz CT molecular complexity index is 716. The first-order valence-electron chi connectivity index (χ1n) is 6.44. The Kier molecular flexibility index (Phi) is 4.76. The third-order valence-corrected chi connectivity index (χ3v) is 8.09. The minimum atomic E-state index is -3.55. The van der Waals surface area contributed by atoms with Gasteiger partial charge in [-0.15, -0.1) is 11.3 Å². The summed E-state index contributed by atoms with van der Waals surface area (Å²) in [6.07, 6.45) is 0. The molecule has 1 aromatic heterocycles. The molecule has 2 heterocycles. The molecule has 1 aliphatic rings. The van der Waals surface area contributed by atoms with Crippen LogP contribution in [0, 0.1) is 13.8 Å². The molecular formula is C11H19N3O4S3. The second-order valence-electron chi connectivity index (χ2n) is 4.79. The summed E-state index contributed by atoms with van der Waals surface area (Å²) in [6, 6.07) is 1.67. The summed E-state index contributed by atoms with van der Waals surface area (Å²) in [5.74, 6) is 0. The van der Waals surface area contributed by atoms with Crippen LogP contribution in [-0.2, 0) is 20.2 Å². The van der Waals surface area contributed by atoms with Gasteiger partial charge in [-0.25, -0.2) is 13.1 Å². The molecule has 1 saturated heterocycles. The van der Waals surface area contributed by atoms with Crippen molar-refractivity contribution in [3.05, 3.63) is 15.8 Å². The SMILES string of the molecule is CNS(=O)(=O)N1CCN(S(=O)(=O)c2cc(C)sc2C)CC1. The highest BCUT2D eigenvalue weighted by molar-refractivity contribution is 7.89. The van der Waals surface area contributed by atoms with E-state index in [4.69, 9.17) is 0 Å². The fourth-order valence-corrected chi connectivity index (χ4v) is 6.13. The van der Waals surface area contributed by atoms with Gasteiger partial charge in [0.05, 0.1) is 4.90 Å². The summed E-state index contributed by atoms with van der Waals surface area (Å²) in [5.41, 5.74) is 0. The summed E-state index contributed by atoms with van der Waals surface area (Å²) < 4.78 is 53.4. The first-order valence-corrected chi connectivity index (χ1v) is 10.1. The summed E-state index contributed by atoms with van der Waals surface area (Å²) >= 11 is 1.45. The Morgan fingerprint density at radius 1 is 1.05 bits per heavy atom. The predicted molar refractivity (Wildman–Crippen MR) is 82.1 cm³/mol. The first kappa shape index (κ1) is 16.8. The van der Waals surface area contributed by atoms with Crippen LogP contribution in [0.2, 0.25) is 0 Å². The molecule has 1 aliphatic heterocycles. The number of sulfonamides is 1. The smallest absolute Gasteiger partial charge is 0.207 e. The molecule has 0 unspecified atom stereocenters. The topological polar surface area (TPSA) is 86.8 Å². The van der Waals surface area contributed by atoms with Crippen LogP contribution in [0.25, 0.3) is 0 Å². The molecule has 0 radical (unpaired) electrons. The molecule has 0 saturated carbocycles. The standard InChI is InChI=1S/C11H19N3O4S3/c1-9-8-11(10(2)19-9)20(15,16)13-4-6-14(7-5-13)21(17,18)12-3/h8,12H,4-7H2,1-3H3. The molecule has 0 aliphatic carbocycles. The minimum absolute atomic E-state index is 0.157.